The van der Waals surface area contributed by atoms with Crippen molar-refractivity contribution in [2.75, 3.05) is 31.1 Å². The van der Waals surface area contributed by atoms with Gasteiger partial charge in [-0.1, -0.05) is 48.0 Å². The molecule has 39 heavy (non-hydrogen) atoms. The molecule has 1 aliphatic heterocycles. The van der Waals surface area contributed by atoms with Crippen LogP contribution in [0.25, 0.3) is 11.5 Å². The molecule has 8 nitrogen and oxygen atoms in total. The van der Waals surface area contributed by atoms with E-state index < -0.39 is 0 Å². The highest BCUT2D eigenvalue weighted by Gasteiger charge is 2.25. The highest BCUT2D eigenvalue weighted by atomic mass is 35.5. The number of furan rings is 1. The average Bonchev–Trinajstić information content (AvgIpc) is 3.58. The summed E-state index contributed by atoms with van der Waals surface area (Å²) in [6.45, 7) is 7.02. The summed E-state index contributed by atoms with van der Waals surface area (Å²) in [6.07, 6.45) is 0.789. The van der Waals surface area contributed by atoms with Gasteiger partial charge in [0.05, 0.1) is 5.69 Å². The van der Waals surface area contributed by atoms with Crippen LogP contribution in [-0.2, 0) is 17.9 Å². The Labute approximate surface area is 233 Å². The van der Waals surface area contributed by atoms with Gasteiger partial charge in [-0.15, -0.1) is 0 Å². The van der Waals surface area contributed by atoms with Crippen LogP contribution in [0.1, 0.15) is 40.7 Å². The fourth-order valence-corrected chi connectivity index (χ4v) is 5.12. The number of aromatic nitrogens is 2. The molecule has 0 atom stereocenters. The molecular formula is C30H32ClN5O3. The lowest BCUT2D eigenvalue weighted by molar-refractivity contribution is -0.116. The maximum atomic E-state index is 13.8. The third-order valence-corrected chi connectivity index (χ3v) is 7.20. The normalized spacial score (nSPS) is 15.1. The van der Waals surface area contributed by atoms with E-state index >= 15 is 0 Å². The van der Waals surface area contributed by atoms with Gasteiger partial charge >= 0.3 is 0 Å². The number of amides is 2. The topological polar surface area (TPSA) is 85.7 Å². The van der Waals surface area contributed by atoms with E-state index in [1.54, 1.807) is 28.9 Å². The number of H-pyrrole nitrogens is 1. The first-order chi connectivity index (χ1) is 18.9. The van der Waals surface area contributed by atoms with Gasteiger partial charge in [-0.3, -0.25) is 19.6 Å². The van der Waals surface area contributed by atoms with Crippen molar-refractivity contribution in [3.8, 4) is 11.5 Å². The molecule has 0 aliphatic carbocycles. The standard InChI is InChI=1S/C30H32ClN5O3/c1-21-9-12-29(39-21)26-18-27(33-32-26)30(38)35-16-15-34(19-23-7-4-3-5-8-23)13-6-14-36(22(2)37)28-17-25(31)11-10-24(28)20-35/h3-5,7-12,17-18H,6,13-16,19-20H2,1-2H3,(H,32,33). The van der Waals surface area contributed by atoms with Gasteiger partial charge in [0, 0.05) is 57.3 Å². The van der Waals surface area contributed by atoms with Crippen molar-refractivity contribution in [1.29, 1.82) is 0 Å². The molecular weight excluding hydrogens is 514 g/mol. The lowest BCUT2D eigenvalue weighted by Gasteiger charge is -2.27. The maximum absolute atomic E-state index is 13.8. The zero-order chi connectivity index (χ0) is 27.4. The Morgan fingerprint density at radius 2 is 1.82 bits per heavy atom. The van der Waals surface area contributed by atoms with Crippen LogP contribution in [0, 0.1) is 6.92 Å². The van der Waals surface area contributed by atoms with E-state index in [4.69, 9.17) is 16.0 Å². The molecule has 2 aromatic heterocycles. The number of hydrogen-bond donors (Lipinski definition) is 1. The Morgan fingerprint density at radius 3 is 2.56 bits per heavy atom. The van der Waals surface area contributed by atoms with E-state index in [0.29, 0.717) is 48.3 Å². The van der Waals surface area contributed by atoms with E-state index in [0.717, 1.165) is 36.5 Å². The maximum Gasteiger partial charge on any atom is 0.274 e. The van der Waals surface area contributed by atoms with Crippen LogP contribution < -0.4 is 4.90 Å². The lowest BCUT2D eigenvalue weighted by Crippen LogP contribution is -2.38. The van der Waals surface area contributed by atoms with E-state index in [1.807, 2.05) is 49.4 Å². The number of nitrogens with one attached hydrogen (secondary N) is 1. The number of fused-ring (bicyclic) bond motifs is 1. The minimum atomic E-state index is -0.199. The van der Waals surface area contributed by atoms with E-state index in [1.165, 1.54) is 5.56 Å². The fourth-order valence-electron chi connectivity index (χ4n) is 4.95. The molecule has 0 bridgehead atoms. The highest BCUT2D eigenvalue weighted by Crippen LogP contribution is 2.28. The molecule has 1 aliphatic rings. The summed E-state index contributed by atoms with van der Waals surface area (Å²) in [7, 11) is 0. The predicted molar refractivity (Wildman–Crippen MR) is 152 cm³/mol. The lowest BCUT2D eigenvalue weighted by atomic mass is 10.1. The number of carbonyl (C=O) groups excluding carboxylic acids is 2. The van der Waals surface area contributed by atoms with Gasteiger partial charge in [0.15, 0.2) is 11.5 Å². The summed E-state index contributed by atoms with van der Waals surface area (Å²) in [5, 5.41) is 7.80. The molecule has 3 heterocycles. The molecule has 0 spiro atoms. The van der Waals surface area contributed by atoms with Gasteiger partial charge in [0.2, 0.25) is 5.91 Å². The molecule has 202 valence electrons. The largest absolute Gasteiger partial charge is 0.460 e. The molecule has 0 radical (unpaired) electrons. The highest BCUT2D eigenvalue weighted by molar-refractivity contribution is 6.31. The van der Waals surface area contributed by atoms with E-state index in [2.05, 4.69) is 27.2 Å². The second kappa shape index (κ2) is 11.9. The smallest absolute Gasteiger partial charge is 0.274 e. The molecule has 2 amide bonds. The first-order valence-corrected chi connectivity index (χ1v) is 13.5. The first kappa shape index (κ1) is 26.7. The number of anilines is 1. The third-order valence-electron chi connectivity index (χ3n) is 6.96. The first-order valence-electron chi connectivity index (χ1n) is 13.1. The number of carbonyl (C=O) groups is 2. The van der Waals surface area contributed by atoms with Crippen LogP contribution in [0.5, 0.6) is 0 Å². The van der Waals surface area contributed by atoms with Crippen molar-refractivity contribution in [3.63, 3.8) is 0 Å². The van der Waals surface area contributed by atoms with E-state index in [-0.39, 0.29) is 11.8 Å². The van der Waals surface area contributed by atoms with Crippen molar-refractivity contribution < 1.29 is 14.0 Å². The SMILES string of the molecule is CC(=O)N1CCCN(Cc2ccccc2)CCN(C(=O)c2cc(-c3ccc(C)o3)[nH]n2)Cc2ccc(Cl)cc21. The minimum absolute atomic E-state index is 0.0593. The molecule has 2 aromatic carbocycles. The Balaban J connectivity index is 1.47. The Hall–Kier alpha value is -3.88. The summed E-state index contributed by atoms with van der Waals surface area (Å²) < 4.78 is 5.70. The number of aryl methyl sites for hydroxylation is 1. The van der Waals surface area contributed by atoms with Crippen LogP contribution in [0.2, 0.25) is 5.02 Å². The summed E-state index contributed by atoms with van der Waals surface area (Å²) in [5.41, 5.74) is 3.75. The van der Waals surface area contributed by atoms with Crippen LogP contribution in [-0.4, -0.2) is 58.0 Å². The Bertz CT molecular complexity index is 1450. The van der Waals surface area contributed by atoms with E-state index in [9.17, 15) is 9.59 Å². The van der Waals surface area contributed by atoms with Crippen molar-refractivity contribution in [2.24, 2.45) is 0 Å². The number of hydrogen-bond acceptors (Lipinski definition) is 5. The van der Waals surface area contributed by atoms with Crippen molar-refractivity contribution in [3.05, 3.63) is 94.3 Å². The molecule has 0 unspecified atom stereocenters. The summed E-state index contributed by atoms with van der Waals surface area (Å²) in [5.74, 6) is 1.15. The van der Waals surface area contributed by atoms with Crippen LogP contribution in [0.15, 0.2) is 71.1 Å². The van der Waals surface area contributed by atoms with Crippen LogP contribution in [0.4, 0.5) is 5.69 Å². The quantitative estimate of drug-likeness (QED) is 0.364. The molecule has 0 saturated heterocycles. The molecule has 1 N–H and O–H groups in total. The zero-order valence-electron chi connectivity index (χ0n) is 22.2. The molecule has 5 rings (SSSR count). The number of benzene rings is 2. The Kier molecular flexibility index (Phi) is 8.14. The summed E-state index contributed by atoms with van der Waals surface area (Å²) >= 11 is 6.37. The molecule has 0 fully saturated rings. The predicted octanol–water partition coefficient (Wildman–Crippen LogP) is 5.53. The second-order valence-electron chi connectivity index (χ2n) is 9.86. The Morgan fingerprint density at radius 1 is 1.00 bits per heavy atom. The van der Waals surface area contributed by atoms with Crippen molar-refractivity contribution >= 4 is 29.1 Å². The molecule has 0 saturated carbocycles. The summed E-state index contributed by atoms with van der Waals surface area (Å²) in [6, 6.07) is 21.2. The van der Waals surface area contributed by atoms with Crippen molar-refractivity contribution in [2.45, 2.75) is 33.4 Å². The van der Waals surface area contributed by atoms with Gasteiger partial charge in [-0.25, -0.2) is 0 Å². The van der Waals surface area contributed by atoms with Crippen LogP contribution >= 0.6 is 11.6 Å². The molecule has 4 aromatic rings. The van der Waals surface area contributed by atoms with Gasteiger partial charge in [-0.05, 0) is 48.7 Å². The van der Waals surface area contributed by atoms with Crippen molar-refractivity contribution in [1.82, 2.24) is 20.0 Å². The second-order valence-corrected chi connectivity index (χ2v) is 10.3. The van der Waals surface area contributed by atoms with Gasteiger partial charge in [-0.2, -0.15) is 5.10 Å². The third kappa shape index (κ3) is 6.41. The number of aromatic amines is 1. The molecule has 9 heteroatoms. The zero-order valence-corrected chi connectivity index (χ0v) is 22.9. The van der Waals surface area contributed by atoms with Gasteiger partial charge in [0.1, 0.15) is 11.5 Å². The monoisotopic (exact) mass is 545 g/mol. The average molecular weight is 546 g/mol. The van der Waals surface area contributed by atoms with Gasteiger partial charge in [0.25, 0.3) is 5.91 Å². The fraction of sp³-hybridized carbons (Fsp3) is 0.300. The van der Waals surface area contributed by atoms with Crippen LogP contribution in [0.3, 0.4) is 0 Å². The summed E-state index contributed by atoms with van der Waals surface area (Å²) in [4.78, 5) is 32.5. The number of nitrogens with zero attached hydrogens (tertiary/aromatic N) is 4. The number of halogens is 1. The minimum Gasteiger partial charge on any atom is -0.460 e. The van der Waals surface area contributed by atoms with Gasteiger partial charge < -0.3 is 14.2 Å². The number of rotatable bonds is 4.